The zero-order chi connectivity index (χ0) is 4.28. The van der Waals surface area contributed by atoms with E-state index in [0.29, 0.717) is 0 Å². The van der Waals surface area contributed by atoms with E-state index >= 15 is 0 Å². The Balaban J connectivity index is -0.0000000800. The summed E-state index contributed by atoms with van der Waals surface area (Å²) in [4.78, 5) is 0. The molecule has 0 aliphatic carbocycles. The predicted molar refractivity (Wildman–Crippen MR) is 31.6 cm³/mol. The first-order chi connectivity index (χ1) is 2.27. The molecular formula is C6H15Rb. The fourth-order valence-corrected chi connectivity index (χ4v) is 0. The molecule has 0 rings (SSSR count). The zero-order valence-electron chi connectivity index (χ0n) is 5.21. The molecule has 0 bridgehead atoms. The van der Waals surface area contributed by atoms with Crippen molar-refractivity contribution in [3.05, 3.63) is 5.92 Å². The van der Waals surface area contributed by atoms with Gasteiger partial charge in [0, 0.05) is 0 Å². The second-order valence-electron chi connectivity index (χ2n) is 1.56. The first-order valence-corrected chi connectivity index (χ1v) is 2.06. The normalized spacial score (nSPS) is 6.86. The Morgan fingerprint density at radius 1 is 1.29 bits per heavy atom. The summed E-state index contributed by atoms with van der Waals surface area (Å²) in [6, 6.07) is 0. The predicted octanol–water partition coefficient (Wildman–Crippen LogP) is -0.349. The van der Waals surface area contributed by atoms with Crippen LogP contribution in [0.1, 0.15) is 34.6 Å². The Morgan fingerprint density at radius 3 is 1.43 bits per heavy atom. The van der Waals surface area contributed by atoms with Crippen LogP contribution in [0.4, 0.5) is 0 Å². The van der Waals surface area contributed by atoms with Gasteiger partial charge in [-0.05, 0) is 0 Å². The van der Waals surface area contributed by atoms with Gasteiger partial charge in [0.15, 0.2) is 0 Å². The molecular weight excluding hydrogens is 158 g/mol. The Kier molecular flexibility index (Phi) is 24.4. The van der Waals surface area contributed by atoms with E-state index in [4.69, 9.17) is 0 Å². The molecule has 0 atom stereocenters. The van der Waals surface area contributed by atoms with Gasteiger partial charge in [0.25, 0.3) is 0 Å². The summed E-state index contributed by atoms with van der Waals surface area (Å²) >= 11 is 0. The van der Waals surface area contributed by atoms with Crippen LogP contribution in [-0.2, 0) is 0 Å². The van der Waals surface area contributed by atoms with Crippen LogP contribution >= 0.6 is 0 Å². The maximum absolute atomic E-state index is 2.16. The standard InChI is InChI=1S/C5H11.CH4.Rb/c1-4-5(2)3;;/h4H2,1-3H3;1H4;/q-1;;+1. The number of rotatable bonds is 1. The minimum absolute atomic E-state index is 0. The van der Waals surface area contributed by atoms with Gasteiger partial charge in [0.05, 0.1) is 0 Å². The Morgan fingerprint density at radius 2 is 1.43 bits per heavy atom. The molecule has 0 heterocycles. The Bertz CT molecular complexity index is 18.1. The van der Waals surface area contributed by atoms with Crippen LogP contribution in [0.25, 0.3) is 0 Å². The average Bonchev–Trinajstić information content (AvgIpc) is 1.38. The molecule has 0 aliphatic rings. The van der Waals surface area contributed by atoms with Crippen molar-refractivity contribution in [3.63, 3.8) is 0 Å². The zero-order valence-corrected chi connectivity index (χ0v) is 10.1. The molecule has 0 aromatic rings. The van der Waals surface area contributed by atoms with Crippen LogP contribution in [-0.4, -0.2) is 0 Å². The first-order valence-electron chi connectivity index (χ1n) is 2.06. The summed E-state index contributed by atoms with van der Waals surface area (Å²) in [5, 5.41) is 0. The van der Waals surface area contributed by atoms with Gasteiger partial charge in [0.1, 0.15) is 0 Å². The number of hydrogen-bond donors (Lipinski definition) is 0. The van der Waals surface area contributed by atoms with Crippen LogP contribution in [0, 0.1) is 5.92 Å². The van der Waals surface area contributed by atoms with E-state index in [9.17, 15) is 0 Å². The Labute approximate surface area is 96.9 Å². The van der Waals surface area contributed by atoms with E-state index in [-0.39, 0.29) is 65.6 Å². The van der Waals surface area contributed by atoms with E-state index in [1.807, 2.05) is 0 Å². The molecule has 0 aromatic heterocycles. The molecule has 0 aliphatic heterocycles. The third kappa shape index (κ3) is 18.2. The third-order valence-electron chi connectivity index (χ3n) is 0.707. The van der Waals surface area contributed by atoms with Crippen LogP contribution in [0.2, 0.25) is 0 Å². The summed E-state index contributed by atoms with van der Waals surface area (Å²) in [6.07, 6.45) is 1.22. The summed E-state index contributed by atoms with van der Waals surface area (Å²) in [7, 11) is 0. The summed E-state index contributed by atoms with van der Waals surface area (Å²) in [6.45, 7) is 6.44. The Hall–Kier alpha value is 1.81. The topological polar surface area (TPSA) is 0 Å². The quantitative estimate of drug-likeness (QED) is 0.475. The van der Waals surface area contributed by atoms with Gasteiger partial charge in [0.2, 0.25) is 0 Å². The van der Waals surface area contributed by atoms with Crippen molar-refractivity contribution in [1.82, 2.24) is 0 Å². The van der Waals surface area contributed by atoms with Gasteiger partial charge in [-0.3, -0.25) is 0 Å². The van der Waals surface area contributed by atoms with Gasteiger partial charge in [-0.2, -0.15) is 20.3 Å². The number of hydrogen-bond acceptors (Lipinski definition) is 0. The minimum Gasteiger partial charge on any atom is -0.320 e. The fourth-order valence-electron chi connectivity index (χ4n) is 0. The van der Waals surface area contributed by atoms with Crippen molar-refractivity contribution in [2.24, 2.45) is 0 Å². The van der Waals surface area contributed by atoms with Crippen molar-refractivity contribution in [2.45, 2.75) is 34.6 Å². The minimum atomic E-state index is 0. The molecule has 0 amide bonds. The maximum atomic E-state index is 2.16. The van der Waals surface area contributed by atoms with Crippen molar-refractivity contribution < 1.29 is 58.2 Å². The molecule has 0 aromatic carbocycles. The van der Waals surface area contributed by atoms with Crippen LogP contribution in [0.15, 0.2) is 0 Å². The molecule has 0 radical (unpaired) electrons. The van der Waals surface area contributed by atoms with Crippen molar-refractivity contribution in [2.75, 3.05) is 0 Å². The monoisotopic (exact) mass is 172 g/mol. The van der Waals surface area contributed by atoms with Crippen molar-refractivity contribution >= 4 is 0 Å². The molecule has 0 unspecified atom stereocenters. The molecule has 0 fully saturated rings. The molecule has 0 nitrogen and oxygen atoms in total. The first kappa shape index (κ1) is 15.9. The van der Waals surface area contributed by atoms with Gasteiger partial charge < -0.3 is 5.92 Å². The molecule has 40 valence electrons. The molecule has 7 heavy (non-hydrogen) atoms. The molecule has 0 saturated heterocycles. The molecule has 0 saturated carbocycles. The third-order valence-corrected chi connectivity index (χ3v) is 0.707. The van der Waals surface area contributed by atoms with E-state index in [1.54, 1.807) is 0 Å². The molecule has 1 heteroatoms. The van der Waals surface area contributed by atoms with Crippen LogP contribution < -0.4 is 58.2 Å². The SMILES string of the molecule is C.CC[C-](C)C.[Rb+]. The fraction of sp³-hybridized carbons (Fsp3) is 0.833. The average molecular weight is 173 g/mol. The summed E-state index contributed by atoms with van der Waals surface area (Å²) in [5.41, 5.74) is 0. The van der Waals surface area contributed by atoms with Gasteiger partial charge in [-0.1, -0.05) is 14.4 Å². The van der Waals surface area contributed by atoms with E-state index in [0.717, 1.165) is 0 Å². The smallest absolute Gasteiger partial charge is 0.320 e. The molecule has 0 spiro atoms. The van der Waals surface area contributed by atoms with Crippen molar-refractivity contribution in [1.29, 1.82) is 0 Å². The van der Waals surface area contributed by atoms with Crippen molar-refractivity contribution in [3.8, 4) is 0 Å². The largest absolute Gasteiger partial charge is 1.00 e. The maximum Gasteiger partial charge on any atom is 1.00 e. The van der Waals surface area contributed by atoms with E-state index in [1.165, 1.54) is 12.3 Å². The molecule has 0 N–H and O–H groups in total. The second kappa shape index (κ2) is 10.7. The summed E-state index contributed by atoms with van der Waals surface area (Å²) in [5.74, 6) is 1.50. The van der Waals surface area contributed by atoms with E-state index < -0.39 is 0 Å². The summed E-state index contributed by atoms with van der Waals surface area (Å²) < 4.78 is 0. The van der Waals surface area contributed by atoms with Gasteiger partial charge in [-0.25, -0.2) is 0 Å². The van der Waals surface area contributed by atoms with Crippen LogP contribution in [0.3, 0.4) is 0 Å². The van der Waals surface area contributed by atoms with E-state index in [2.05, 4.69) is 20.8 Å². The van der Waals surface area contributed by atoms with Gasteiger partial charge >= 0.3 is 58.2 Å². The van der Waals surface area contributed by atoms with Crippen LogP contribution in [0.5, 0.6) is 0 Å². The van der Waals surface area contributed by atoms with Gasteiger partial charge in [-0.15, -0.1) is 0 Å². The second-order valence-corrected chi connectivity index (χ2v) is 1.56.